The molecule has 0 aliphatic heterocycles. The molecule has 0 unspecified atom stereocenters. The van der Waals surface area contributed by atoms with Gasteiger partial charge < -0.3 is 8.98 Å². The number of hydrogen-bond acceptors (Lipinski definition) is 5. The molecule has 7 aromatic carbocycles. The molecule has 0 N–H and O–H groups in total. The molecular formula is C45H26N4OS. The van der Waals surface area contributed by atoms with Crippen LogP contribution >= 0.6 is 11.3 Å². The fourth-order valence-corrected chi connectivity index (χ4v) is 8.62. The van der Waals surface area contributed by atoms with Gasteiger partial charge >= 0.3 is 0 Å². The zero-order chi connectivity index (χ0) is 33.5. The molecule has 51 heavy (non-hydrogen) atoms. The molecule has 6 heteroatoms. The molecule has 0 atom stereocenters. The van der Waals surface area contributed by atoms with Crippen LogP contribution in [0, 0.1) is 0 Å². The van der Waals surface area contributed by atoms with E-state index in [-0.39, 0.29) is 0 Å². The second-order valence-corrected chi connectivity index (χ2v) is 13.9. The van der Waals surface area contributed by atoms with E-state index in [2.05, 4.69) is 102 Å². The first-order chi connectivity index (χ1) is 25.3. The quantitative estimate of drug-likeness (QED) is 0.187. The Balaban J connectivity index is 1.10. The van der Waals surface area contributed by atoms with Crippen molar-refractivity contribution in [1.29, 1.82) is 0 Å². The van der Waals surface area contributed by atoms with E-state index >= 15 is 0 Å². The van der Waals surface area contributed by atoms with Gasteiger partial charge in [-0.15, -0.1) is 11.3 Å². The second kappa shape index (κ2) is 10.9. The predicted octanol–water partition coefficient (Wildman–Crippen LogP) is 12.2. The first kappa shape index (κ1) is 28.2. The Morgan fingerprint density at radius 2 is 1.02 bits per heavy atom. The van der Waals surface area contributed by atoms with Crippen LogP contribution in [0.25, 0.3) is 104 Å². The summed E-state index contributed by atoms with van der Waals surface area (Å²) in [7, 11) is 0. The van der Waals surface area contributed by atoms with Crippen molar-refractivity contribution >= 4 is 75.3 Å². The molecular weight excluding hydrogens is 645 g/mol. The Hall–Kier alpha value is -6.63. The zero-order valence-electron chi connectivity index (χ0n) is 27.1. The summed E-state index contributed by atoms with van der Waals surface area (Å²) < 4.78 is 11.7. The van der Waals surface area contributed by atoms with E-state index in [0.717, 1.165) is 44.3 Å². The van der Waals surface area contributed by atoms with Crippen LogP contribution in [0.5, 0.6) is 0 Å². The van der Waals surface area contributed by atoms with Crippen LogP contribution in [0.3, 0.4) is 0 Å². The van der Waals surface area contributed by atoms with E-state index in [0.29, 0.717) is 17.5 Å². The lowest BCUT2D eigenvalue weighted by molar-refractivity contribution is 0.668. The van der Waals surface area contributed by atoms with E-state index in [9.17, 15) is 0 Å². The summed E-state index contributed by atoms with van der Waals surface area (Å²) >= 11 is 1.85. The molecule has 0 amide bonds. The van der Waals surface area contributed by atoms with Gasteiger partial charge in [-0.05, 0) is 42.5 Å². The number of furan rings is 1. The van der Waals surface area contributed by atoms with Gasteiger partial charge in [0, 0.05) is 70.2 Å². The Labute approximate surface area is 295 Å². The summed E-state index contributed by atoms with van der Waals surface area (Å²) in [6.45, 7) is 0. The number of nitrogens with zero attached hydrogens (tertiary/aromatic N) is 4. The third-order valence-corrected chi connectivity index (χ3v) is 11.0. The number of rotatable bonds is 4. The van der Waals surface area contributed by atoms with Crippen molar-refractivity contribution < 1.29 is 4.42 Å². The second-order valence-electron chi connectivity index (χ2n) is 12.8. The maximum Gasteiger partial charge on any atom is 0.164 e. The Morgan fingerprint density at radius 1 is 0.431 bits per heavy atom. The largest absolute Gasteiger partial charge is 0.456 e. The highest BCUT2D eigenvalue weighted by molar-refractivity contribution is 7.26. The highest BCUT2D eigenvalue weighted by atomic mass is 32.1. The van der Waals surface area contributed by atoms with Gasteiger partial charge in [0.1, 0.15) is 11.2 Å². The van der Waals surface area contributed by atoms with Crippen LogP contribution in [0.1, 0.15) is 0 Å². The van der Waals surface area contributed by atoms with Gasteiger partial charge in [-0.3, -0.25) is 0 Å². The molecule has 238 valence electrons. The van der Waals surface area contributed by atoms with Crippen LogP contribution in [0.4, 0.5) is 0 Å². The standard InChI is InChI=1S/C45H26N4OS/c1-3-11-27(12-4-1)43-46-44(28-13-5-2-6-14-28)48-45(47-43)29-19-21-32-33-22-20-30(26-38(33)50-37(32)25-29)49-36-17-9-7-15-31(36)34-23-24-40-41(42(34)49)35-16-8-10-18-39(35)51-40/h1-26H. The molecule has 0 saturated carbocycles. The molecule has 0 aliphatic carbocycles. The number of benzene rings is 7. The maximum absolute atomic E-state index is 6.67. The molecule has 4 aromatic heterocycles. The van der Waals surface area contributed by atoms with Crippen molar-refractivity contribution in [3.63, 3.8) is 0 Å². The summed E-state index contributed by atoms with van der Waals surface area (Å²) in [5.74, 6) is 1.86. The summed E-state index contributed by atoms with van der Waals surface area (Å²) in [6, 6.07) is 54.9. The molecule has 5 nitrogen and oxygen atoms in total. The average Bonchev–Trinajstić information content (AvgIpc) is 3.87. The minimum absolute atomic E-state index is 0.600. The average molecular weight is 671 g/mol. The van der Waals surface area contributed by atoms with Crippen LogP contribution in [0.2, 0.25) is 0 Å². The van der Waals surface area contributed by atoms with Gasteiger partial charge in [0.2, 0.25) is 0 Å². The van der Waals surface area contributed by atoms with Gasteiger partial charge in [0.25, 0.3) is 0 Å². The Bertz CT molecular complexity index is 3080. The summed E-state index contributed by atoms with van der Waals surface area (Å²) in [6.07, 6.45) is 0. The van der Waals surface area contributed by atoms with E-state index in [1.54, 1.807) is 0 Å². The lowest BCUT2D eigenvalue weighted by atomic mass is 10.1. The number of thiophene rings is 1. The van der Waals surface area contributed by atoms with Crippen molar-refractivity contribution in [3.8, 4) is 39.9 Å². The lowest BCUT2D eigenvalue weighted by Gasteiger charge is -2.09. The highest BCUT2D eigenvalue weighted by Crippen LogP contribution is 2.43. The van der Waals surface area contributed by atoms with Gasteiger partial charge in [0.15, 0.2) is 17.5 Å². The van der Waals surface area contributed by atoms with E-state index < -0.39 is 0 Å². The molecule has 0 saturated heterocycles. The van der Waals surface area contributed by atoms with Crippen LogP contribution in [0.15, 0.2) is 162 Å². The van der Waals surface area contributed by atoms with E-state index in [1.165, 1.54) is 42.0 Å². The molecule has 11 rings (SSSR count). The predicted molar refractivity (Wildman–Crippen MR) is 211 cm³/mol. The number of aromatic nitrogens is 4. The highest BCUT2D eigenvalue weighted by Gasteiger charge is 2.20. The fraction of sp³-hybridized carbons (Fsp3) is 0. The van der Waals surface area contributed by atoms with Gasteiger partial charge in [-0.1, -0.05) is 109 Å². The lowest BCUT2D eigenvalue weighted by Crippen LogP contribution is -2.00. The Morgan fingerprint density at radius 3 is 1.76 bits per heavy atom. The van der Waals surface area contributed by atoms with Crippen LogP contribution < -0.4 is 0 Å². The van der Waals surface area contributed by atoms with Crippen molar-refractivity contribution in [2.45, 2.75) is 0 Å². The van der Waals surface area contributed by atoms with Crippen molar-refractivity contribution in [3.05, 3.63) is 158 Å². The molecule has 0 bridgehead atoms. The van der Waals surface area contributed by atoms with Crippen molar-refractivity contribution in [2.24, 2.45) is 0 Å². The summed E-state index contributed by atoms with van der Waals surface area (Å²) in [4.78, 5) is 14.7. The summed E-state index contributed by atoms with van der Waals surface area (Å²) in [5, 5.41) is 7.18. The van der Waals surface area contributed by atoms with Crippen LogP contribution in [-0.4, -0.2) is 19.5 Å². The third kappa shape index (κ3) is 4.37. The topological polar surface area (TPSA) is 56.7 Å². The number of para-hydroxylation sites is 1. The fourth-order valence-electron chi connectivity index (χ4n) is 7.51. The van der Waals surface area contributed by atoms with Gasteiger partial charge in [-0.2, -0.15) is 0 Å². The first-order valence-electron chi connectivity index (χ1n) is 16.9. The molecule has 0 spiro atoms. The van der Waals surface area contributed by atoms with Crippen molar-refractivity contribution in [2.75, 3.05) is 0 Å². The third-order valence-electron chi connectivity index (χ3n) is 9.85. The minimum Gasteiger partial charge on any atom is -0.456 e. The summed E-state index contributed by atoms with van der Waals surface area (Å²) in [5.41, 5.74) is 7.82. The number of fused-ring (bicyclic) bond motifs is 10. The Kier molecular flexibility index (Phi) is 6.05. The molecule has 4 heterocycles. The first-order valence-corrected chi connectivity index (χ1v) is 17.8. The van der Waals surface area contributed by atoms with E-state index in [1.807, 2.05) is 72.0 Å². The van der Waals surface area contributed by atoms with Crippen molar-refractivity contribution in [1.82, 2.24) is 19.5 Å². The molecule has 0 radical (unpaired) electrons. The van der Waals surface area contributed by atoms with E-state index in [4.69, 9.17) is 19.4 Å². The molecule has 11 aromatic rings. The van der Waals surface area contributed by atoms with Gasteiger partial charge in [-0.25, -0.2) is 15.0 Å². The maximum atomic E-state index is 6.67. The van der Waals surface area contributed by atoms with Crippen LogP contribution in [-0.2, 0) is 0 Å². The monoisotopic (exact) mass is 670 g/mol. The minimum atomic E-state index is 0.600. The van der Waals surface area contributed by atoms with Gasteiger partial charge in [0.05, 0.1) is 11.0 Å². The number of hydrogen-bond donors (Lipinski definition) is 0. The SMILES string of the molecule is c1ccc(-c2nc(-c3ccccc3)nc(-c3ccc4c(c3)oc3cc(-n5c6ccccc6c6ccc7sc8ccccc8c7c65)ccc34)n2)cc1. The zero-order valence-corrected chi connectivity index (χ0v) is 27.9. The molecule has 0 fully saturated rings. The smallest absolute Gasteiger partial charge is 0.164 e. The molecule has 0 aliphatic rings. The normalized spacial score (nSPS) is 11.9.